The number of unbranched alkanes of at least 4 members (excludes halogenated alkanes) is 16. The van der Waals surface area contributed by atoms with Gasteiger partial charge in [-0.15, -0.1) is 0 Å². The van der Waals surface area contributed by atoms with Gasteiger partial charge in [-0.1, -0.05) is 109 Å². The number of nitrogens with zero attached hydrogens (tertiary/aromatic N) is 2. The van der Waals surface area contributed by atoms with E-state index >= 15 is 0 Å². The van der Waals surface area contributed by atoms with E-state index in [2.05, 4.69) is 19.1 Å². The zero-order valence-corrected chi connectivity index (χ0v) is 30.7. The highest BCUT2D eigenvalue weighted by atomic mass is 16.5. The molecule has 0 aliphatic carbocycles. The van der Waals surface area contributed by atoms with E-state index in [1.165, 1.54) is 83.5 Å². The summed E-state index contributed by atoms with van der Waals surface area (Å²) in [6.45, 7) is 4.62. The molecule has 10 heteroatoms. The van der Waals surface area contributed by atoms with Crippen LogP contribution in [0.15, 0.2) is 12.2 Å². The third kappa shape index (κ3) is 30.5. The lowest BCUT2D eigenvalue weighted by atomic mass is 9.97. The molecule has 0 aromatic rings. The second-order valence-electron chi connectivity index (χ2n) is 13.0. The number of allylic oxidation sites excluding steroid dienone is 2. The van der Waals surface area contributed by atoms with Crippen molar-refractivity contribution in [2.24, 2.45) is 5.92 Å². The maximum absolute atomic E-state index is 12.9. The van der Waals surface area contributed by atoms with E-state index < -0.39 is 17.9 Å². The van der Waals surface area contributed by atoms with E-state index in [1.54, 1.807) is 4.90 Å². The second kappa shape index (κ2) is 36.7. The second-order valence-corrected chi connectivity index (χ2v) is 13.0. The molecule has 4 N–H and O–H groups in total. The van der Waals surface area contributed by atoms with Crippen LogP contribution in [0.1, 0.15) is 135 Å². The van der Waals surface area contributed by atoms with Gasteiger partial charge in [0.2, 0.25) is 0 Å². The standard InChI is InChI=1S/C38H74N2O8/c1-2-3-4-5-6-7-8-9-10-11-12-13-14-15-16-17-18-19-20-21-22-36(38(46)48-34-28-40(25-31-43)26-32-44)35-37(45)47-33-27-39(23-29-41)24-30-42/h13-14,36,41-44H,2-12,15-35H2,1H3/b14-13+. The molecule has 48 heavy (non-hydrogen) atoms. The maximum Gasteiger partial charge on any atom is 0.309 e. The first-order chi connectivity index (χ1) is 23.5. The minimum atomic E-state index is -0.590. The predicted molar refractivity (Wildman–Crippen MR) is 194 cm³/mol. The molecule has 0 saturated heterocycles. The van der Waals surface area contributed by atoms with E-state index in [-0.39, 0.29) is 46.1 Å². The smallest absolute Gasteiger partial charge is 0.309 e. The summed E-state index contributed by atoms with van der Waals surface area (Å²) in [6.07, 6.45) is 27.8. The van der Waals surface area contributed by atoms with Crippen molar-refractivity contribution in [2.75, 3.05) is 78.9 Å². The van der Waals surface area contributed by atoms with Crippen LogP contribution in [0.5, 0.6) is 0 Å². The molecule has 0 aliphatic heterocycles. The number of hydrogen-bond acceptors (Lipinski definition) is 10. The minimum absolute atomic E-state index is 0.0490. The van der Waals surface area contributed by atoms with Crippen molar-refractivity contribution < 1.29 is 39.5 Å². The van der Waals surface area contributed by atoms with Gasteiger partial charge in [-0.25, -0.2) is 0 Å². The van der Waals surface area contributed by atoms with Gasteiger partial charge in [-0.2, -0.15) is 0 Å². The molecular weight excluding hydrogens is 612 g/mol. The molecule has 10 nitrogen and oxygen atoms in total. The van der Waals surface area contributed by atoms with E-state index in [4.69, 9.17) is 19.7 Å². The van der Waals surface area contributed by atoms with E-state index in [0.29, 0.717) is 45.7 Å². The molecule has 0 aromatic carbocycles. The van der Waals surface area contributed by atoms with E-state index in [1.807, 2.05) is 4.90 Å². The molecule has 0 heterocycles. The maximum atomic E-state index is 12.9. The molecule has 1 atom stereocenters. The fourth-order valence-corrected chi connectivity index (χ4v) is 5.83. The summed E-state index contributed by atoms with van der Waals surface area (Å²) in [7, 11) is 0. The van der Waals surface area contributed by atoms with Crippen molar-refractivity contribution in [3.05, 3.63) is 12.2 Å². The Hall–Kier alpha value is -1.56. The van der Waals surface area contributed by atoms with Crippen LogP contribution in [0.4, 0.5) is 0 Å². The normalized spacial score (nSPS) is 12.4. The zero-order valence-electron chi connectivity index (χ0n) is 30.7. The monoisotopic (exact) mass is 687 g/mol. The van der Waals surface area contributed by atoms with Crippen LogP contribution in [0.2, 0.25) is 0 Å². The topological polar surface area (TPSA) is 140 Å². The fourth-order valence-electron chi connectivity index (χ4n) is 5.83. The molecule has 0 radical (unpaired) electrons. The van der Waals surface area contributed by atoms with Crippen LogP contribution in [0.25, 0.3) is 0 Å². The highest BCUT2D eigenvalue weighted by Gasteiger charge is 2.24. The van der Waals surface area contributed by atoms with Gasteiger partial charge in [0.05, 0.1) is 38.8 Å². The molecule has 0 spiro atoms. The lowest BCUT2D eigenvalue weighted by Gasteiger charge is -2.21. The summed E-state index contributed by atoms with van der Waals surface area (Å²) in [5, 5.41) is 36.7. The first-order valence-electron chi connectivity index (χ1n) is 19.4. The largest absolute Gasteiger partial charge is 0.464 e. The fraction of sp³-hybridized carbons (Fsp3) is 0.895. The van der Waals surface area contributed by atoms with Crippen molar-refractivity contribution in [1.29, 1.82) is 0 Å². The molecule has 0 bridgehead atoms. The number of hydrogen-bond donors (Lipinski definition) is 4. The third-order valence-electron chi connectivity index (χ3n) is 8.80. The van der Waals surface area contributed by atoms with Gasteiger partial charge in [-0.05, 0) is 32.1 Å². The van der Waals surface area contributed by atoms with Crippen LogP contribution >= 0.6 is 0 Å². The molecule has 0 saturated carbocycles. The van der Waals surface area contributed by atoms with Crippen LogP contribution < -0.4 is 0 Å². The minimum Gasteiger partial charge on any atom is -0.464 e. The Balaban J connectivity index is 4.30. The SMILES string of the molecule is CCCCCCCCCCCC/C=C/CCCCCCCCC(CC(=O)OCCN(CCO)CCO)C(=O)OCCN(CCO)CCO. The van der Waals surface area contributed by atoms with E-state index in [0.717, 1.165) is 32.1 Å². The highest BCUT2D eigenvalue weighted by molar-refractivity contribution is 5.79. The van der Waals surface area contributed by atoms with Crippen LogP contribution in [0, 0.1) is 5.92 Å². The lowest BCUT2D eigenvalue weighted by Crippen LogP contribution is -2.34. The van der Waals surface area contributed by atoms with Gasteiger partial charge in [0.1, 0.15) is 13.2 Å². The van der Waals surface area contributed by atoms with E-state index in [9.17, 15) is 19.8 Å². The third-order valence-corrected chi connectivity index (χ3v) is 8.80. The average Bonchev–Trinajstić information content (AvgIpc) is 3.07. The summed E-state index contributed by atoms with van der Waals surface area (Å²) in [6, 6.07) is 0. The Bertz CT molecular complexity index is 727. The lowest BCUT2D eigenvalue weighted by molar-refractivity contribution is -0.156. The first-order valence-corrected chi connectivity index (χ1v) is 19.4. The van der Waals surface area contributed by atoms with Crippen molar-refractivity contribution in [3.63, 3.8) is 0 Å². The summed E-state index contributed by atoms with van der Waals surface area (Å²) >= 11 is 0. The van der Waals surface area contributed by atoms with Crippen LogP contribution in [-0.2, 0) is 19.1 Å². The van der Waals surface area contributed by atoms with Gasteiger partial charge in [0.25, 0.3) is 0 Å². The number of ether oxygens (including phenoxy) is 2. The quantitative estimate of drug-likeness (QED) is 0.0369. The number of aliphatic hydroxyl groups is 4. The molecule has 0 amide bonds. The van der Waals surface area contributed by atoms with Gasteiger partial charge in [-0.3, -0.25) is 19.4 Å². The Kier molecular flexibility index (Phi) is 35.5. The number of carbonyl (C=O) groups is 2. The molecule has 0 aliphatic rings. The van der Waals surface area contributed by atoms with Crippen LogP contribution in [0.3, 0.4) is 0 Å². The molecule has 0 rings (SSSR count). The Labute approximate surface area is 293 Å². The van der Waals surface area contributed by atoms with Gasteiger partial charge in [0, 0.05) is 39.3 Å². The van der Waals surface area contributed by atoms with Gasteiger partial charge >= 0.3 is 11.9 Å². The number of carbonyl (C=O) groups excluding carboxylic acids is 2. The van der Waals surface area contributed by atoms with Crippen molar-refractivity contribution >= 4 is 11.9 Å². The molecule has 1 unspecified atom stereocenters. The Morgan fingerprint density at radius 2 is 0.938 bits per heavy atom. The van der Waals surface area contributed by atoms with Crippen molar-refractivity contribution in [2.45, 2.75) is 135 Å². The molecule has 0 aromatic heterocycles. The molecular formula is C38H74N2O8. The van der Waals surface area contributed by atoms with Gasteiger partial charge in [0.15, 0.2) is 0 Å². The Morgan fingerprint density at radius 1 is 0.542 bits per heavy atom. The first kappa shape index (κ1) is 46.4. The summed E-state index contributed by atoms with van der Waals surface area (Å²) in [4.78, 5) is 29.2. The van der Waals surface area contributed by atoms with Crippen molar-refractivity contribution in [1.82, 2.24) is 9.80 Å². The number of esters is 2. The summed E-state index contributed by atoms with van der Waals surface area (Å²) in [5.74, 6) is -1.48. The predicted octanol–water partition coefficient (Wildman–Crippen LogP) is 5.64. The van der Waals surface area contributed by atoms with Crippen LogP contribution in [-0.4, -0.2) is 121 Å². The number of rotatable bonds is 37. The summed E-state index contributed by atoms with van der Waals surface area (Å²) in [5.41, 5.74) is 0. The Morgan fingerprint density at radius 3 is 1.38 bits per heavy atom. The molecule has 0 fully saturated rings. The van der Waals surface area contributed by atoms with Gasteiger partial charge < -0.3 is 29.9 Å². The number of aliphatic hydroxyl groups excluding tert-OH is 4. The summed E-state index contributed by atoms with van der Waals surface area (Å²) < 4.78 is 10.9. The highest BCUT2D eigenvalue weighted by Crippen LogP contribution is 2.19. The zero-order chi connectivity index (χ0) is 35.3. The molecule has 284 valence electrons. The van der Waals surface area contributed by atoms with Crippen molar-refractivity contribution in [3.8, 4) is 0 Å². The average molecular weight is 687 g/mol.